The Balaban J connectivity index is 0.000000605. The molecule has 2 rings (SSSR count). The lowest BCUT2D eigenvalue weighted by Crippen LogP contribution is -2.05. The van der Waals surface area contributed by atoms with E-state index in [-0.39, 0.29) is 30.9 Å². The number of aromatic amines is 1. The van der Waals surface area contributed by atoms with Crippen LogP contribution < -0.4 is 5.73 Å². The SMILES string of the molecule is Cc1[nH]nc2c1CC[C@H]2N.Cl.Cl. The van der Waals surface area contributed by atoms with Gasteiger partial charge in [-0.1, -0.05) is 0 Å². The molecule has 12 heavy (non-hydrogen) atoms. The molecular weight excluding hydrogens is 197 g/mol. The number of rotatable bonds is 0. The second-order valence-electron chi connectivity index (χ2n) is 2.86. The molecule has 0 unspecified atom stereocenters. The molecule has 0 aliphatic heterocycles. The van der Waals surface area contributed by atoms with Crippen molar-refractivity contribution in [3.8, 4) is 0 Å². The summed E-state index contributed by atoms with van der Waals surface area (Å²) >= 11 is 0. The molecule has 1 atom stereocenters. The van der Waals surface area contributed by atoms with E-state index in [0.29, 0.717) is 0 Å². The fraction of sp³-hybridized carbons (Fsp3) is 0.571. The number of fused-ring (bicyclic) bond motifs is 1. The van der Waals surface area contributed by atoms with Crippen molar-refractivity contribution < 1.29 is 0 Å². The smallest absolute Gasteiger partial charge is 0.0824 e. The number of nitrogens with zero attached hydrogens (tertiary/aromatic N) is 1. The van der Waals surface area contributed by atoms with Crippen molar-refractivity contribution in [2.24, 2.45) is 5.73 Å². The summed E-state index contributed by atoms with van der Waals surface area (Å²) in [4.78, 5) is 0. The van der Waals surface area contributed by atoms with Crippen molar-refractivity contribution >= 4 is 24.8 Å². The summed E-state index contributed by atoms with van der Waals surface area (Å²) in [5, 5.41) is 7.07. The average molecular weight is 210 g/mol. The fourth-order valence-corrected chi connectivity index (χ4v) is 1.53. The van der Waals surface area contributed by atoms with E-state index in [1.807, 2.05) is 6.92 Å². The number of nitrogens with two attached hydrogens (primary N) is 1. The number of aryl methyl sites for hydroxylation is 1. The first kappa shape index (κ1) is 11.8. The van der Waals surface area contributed by atoms with Gasteiger partial charge >= 0.3 is 0 Å². The van der Waals surface area contributed by atoms with Crippen LogP contribution in [0.3, 0.4) is 0 Å². The molecule has 0 saturated carbocycles. The minimum atomic E-state index is 0. The topological polar surface area (TPSA) is 54.7 Å². The monoisotopic (exact) mass is 209 g/mol. The molecule has 1 aromatic heterocycles. The first-order valence-electron chi connectivity index (χ1n) is 3.58. The van der Waals surface area contributed by atoms with Gasteiger partial charge in [0.15, 0.2) is 0 Å². The Morgan fingerprint density at radius 1 is 1.50 bits per heavy atom. The number of H-pyrrole nitrogens is 1. The van der Waals surface area contributed by atoms with Gasteiger partial charge in [0.2, 0.25) is 0 Å². The maximum Gasteiger partial charge on any atom is 0.0824 e. The third kappa shape index (κ3) is 1.58. The zero-order valence-electron chi connectivity index (χ0n) is 6.83. The lowest BCUT2D eigenvalue weighted by atomic mass is 10.2. The number of aromatic nitrogens is 2. The minimum absolute atomic E-state index is 0. The predicted octanol–water partition coefficient (Wildman–Crippen LogP) is 1.51. The van der Waals surface area contributed by atoms with Gasteiger partial charge in [-0.25, -0.2) is 0 Å². The highest BCUT2D eigenvalue weighted by molar-refractivity contribution is 5.85. The molecule has 0 saturated heterocycles. The van der Waals surface area contributed by atoms with Gasteiger partial charge in [0, 0.05) is 11.7 Å². The van der Waals surface area contributed by atoms with Crippen LogP contribution in [0.1, 0.15) is 29.4 Å². The van der Waals surface area contributed by atoms with Gasteiger partial charge in [-0.3, -0.25) is 5.10 Å². The third-order valence-electron chi connectivity index (χ3n) is 2.16. The van der Waals surface area contributed by atoms with E-state index < -0.39 is 0 Å². The third-order valence-corrected chi connectivity index (χ3v) is 2.16. The molecule has 0 spiro atoms. The van der Waals surface area contributed by atoms with Crippen molar-refractivity contribution in [2.75, 3.05) is 0 Å². The second-order valence-corrected chi connectivity index (χ2v) is 2.86. The molecule has 1 aliphatic rings. The Morgan fingerprint density at radius 2 is 2.17 bits per heavy atom. The van der Waals surface area contributed by atoms with Gasteiger partial charge in [0.25, 0.3) is 0 Å². The normalized spacial score (nSPS) is 19.3. The molecule has 3 N–H and O–H groups in total. The average Bonchev–Trinajstić information content (AvgIpc) is 2.41. The standard InChI is InChI=1S/C7H11N3.2ClH/c1-4-5-2-3-6(8)7(5)10-9-4;;/h6H,2-3,8H2,1H3,(H,9,10);2*1H/t6-;;/m1../s1. The van der Waals surface area contributed by atoms with Crippen LogP contribution in [0, 0.1) is 6.92 Å². The Kier molecular flexibility index (Phi) is 4.03. The van der Waals surface area contributed by atoms with Gasteiger partial charge < -0.3 is 5.73 Å². The van der Waals surface area contributed by atoms with Crippen molar-refractivity contribution in [1.82, 2.24) is 10.2 Å². The minimum Gasteiger partial charge on any atom is -0.323 e. The molecule has 1 aliphatic carbocycles. The van der Waals surface area contributed by atoms with E-state index in [2.05, 4.69) is 10.2 Å². The van der Waals surface area contributed by atoms with Crippen LogP contribution in [0.2, 0.25) is 0 Å². The van der Waals surface area contributed by atoms with Gasteiger partial charge in [-0.15, -0.1) is 24.8 Å². The molecule has 0 amide bonds. The Morgan fingerprint density at radius 3 is 2.75 bits per heavy atom. The highest BCUT2D eigenvalue weighted by Gasteiger charge is 2.23. The summed E-state index contributed by atoms with van der Waals surface area (Å²) in [7, 11) is 0. The molecule has 1 heterocycles. The van der Waals surface area contributed by atoms with Gasteiger partial charge in [-0.2, -0.15) is 5.10 Å². The molecule has 3 nitrogen and oxygen atoms in total. The molecule has 5 heteroatoms. The maximum absolute atomic E-state index is 5.78. The highest BCUT2D eigenvalue weighted by Crippen LogP contribution is 2.28. The quantitative estimate of drug-likeness (QED) is 0.681. The molecule has 70 valence electrons. The summed E-state index contributed by atoms with van der Waals surface area (Å²) in [6, 6.07) is 0.181. The van der Waals surface area contributed by atoms with Gasteiger partial charge in [0.05, 0.1) is 5.69 Å². The molecule has 0 bridgehead atoms. The molecule has 0 aromatic carbocycles. The van der Waals surface area contributed by atoms with E-state index in [4.69, 9.17) is 5.73 Å². The van der Waals surface area contributed by atoms with E-state index in [9.17, 15) is 0 Å². The number of hydrogen-bond acceptors (Lipinski definition) is 2. The van der Waals surface area contributed by atoms with E-state index in [1.54, 1.807) is 0 Å². The molecule has 0 radical (unpaired) electrons. The number of nitrogens with one attached hydrogen (secondary N) is 1. The zero-order chi connectivity index (χ0) is 7.14. The van der Waals surface area contributed by atoms with Crippen LogP contribution in [0.4, 0.5) is 0 Å². The van der Waals surface area contributed by atoms with Crippen molar-refractivity contribution in [3.63, 3.8) is 0 Å². The van der Waals surface area contributed by atoms with Gasteiger partial charge in [0.1, 0.15) is 0 Å². The Bertz CT molecular complexity index is 259. The summed E-state index contributed by atoms with van der Waals surface area (Å²) in [5.74, 6) is 0. The van der Waals surface area contributed by atoms with Crippen LogP contribution in [-0.2, 0) is 6.42 Å². The molecule has 1 aromatic rings. The van der Waals surface area contributed by atoms with Crippen LogP contribution in [0.15, 0.2) is 0 Å². The molecular formula is C7H13Cl2N3. The Hall–Kier alpha value is -0.250. The summed E-state index contributed by atoms with van der Waals surface area (Å²) < 4.78 is 0. The van der Waals surface area contributed by atoms with Crippen LogP contribution in [0.5, 0.6) is 0 Å². The lowest BCUT2D eigenvalue weighted by molar-refractivity contribution is 0.683. The van der Waals surface area contributed by atoms with E-state index in [1.165, 1.54) is 11.3 Å². The van der Waals surface area contributed by atoms with Crippen molar-refractivity contribution in [1.29, 1.82) is 0 Å². The van der Waals surface area contributed by atoms with E-state index in [0.717, 1.165) is 18.5 Å². The largest absolute Gasteiger partial charge is 0.323 e. The van der Waals surface area contributed by atoms with E-state index >= 15 is 0 Å². The van der Waals surface area contributed by atoms with Crippen molar-refractivity contribution in [3.05, 3.63) is 17.0 Å². The predicted molar refractivity (Wildman–Crippen MR) is 53.1 cm³/mol. The zero-order valence-corrected chi connectivity index (χ0v) is 8.47. The van der Waals surface area contributed by atoms with Gasteiger partial charge in [-0.05, 0) is 25.3 Å². The van der Waals surface area contributed by atoms with Crippen LogP contribution >= 0.6 is 24.8 Å². The summed E-state index contributed by atoms with van der Waals surface area (Å²) in [5.41, 5.74) is 9.38. The first-order valence-corrected chi connectivity index (χ1v) is 3.58. The van der Waals surface area contributed by atoms with Crippen molar-refractivity contribution in [2.45, 2.75) is 25.8 Å². The first-order chi connectivity index (χ1) is 4.79. The number of halogens is 2. The lowest BCUT2D eigenvalue weighted by Gasteiger charge is -1.95. The Labute approximate surface area is 83.9 Å². The highest BCUT2D eigenvalue weighted by atomic mass is 35.5. The number of hydrogen-bond donors (Lipinski definition) is 2. The molecule has 0 fully saturated rings. The van der Waals surface area contributed by atoms with Crippen LogP contribution in [0.25, 0.3) is 0 Å². The second kappa shape index (κ2) is 4.12. The summed E-state index contributed by atoms with van der Waals surface area (Å²) in [6.07, 6.45) is 2.16. The maximum atomic E-state index is 5.78. The summed E-state index contributed by atoms with van der Waals surface area (Å²) in [6.45, 7) is 2.05. The fourth-order valence-electron chi connectivity index (χ4n) is 1.53. The van der Waals surface area contributed by atoms with Crippen LogP contribution in [-0.4, -0.2) is 10.2 Å².